The monoisotopic (exact) mass is 237 g/mol. The Morgan fingerprint density at radius 2 is 2.25 bits per heavy atom. The van der Waals surface area contributed by atoms with Crippen molar-refractivity contribution in [3.05, 3.63) is 35.5 Å². The Labute approximate surface area is 98.0 Å². The van der Waals surface area contributed by atoms with Crippen LogP contribution >= 0.6 is 11.6 Å². The van der Waals surface area contributed by atoms with E-state index in [2.05, 4.69) is 4.98 Å². The first-order valence-electron chi connectivity index (χ1n) is 5.11. The number of hydrogen-bond donors (Lipinski definition) is 2. The standard InChI is InChI=1S/C12H12ClNO2/c13-5-1-2-9-7-14-11-4-3-8(12(15)16)6-10(9)11/h3-4,6-7,14H,1-2,5H2,(H,15,16). The van der Waals surface area contributed by atoms with E-state index in [0.717, 1.165) is 29.3 Å². The molecule has 0 spiro atoms. The smallest absolute Gasteiger partial charge is 0.335 e. The fraction of sp³-hybridized carbons (Fsp3) is 0.250. The van der Waals surface area contributed by atoms with Crippen molar-refractivity contribution in [3.63, 3.8) is 0 Å². The summed E-state index contributed by atoms with van der Waals surface area (Å²) in [5.41, 5.74) is 2.41. The molecule has 0 radical (unpaired) electrons. The zero-order chi connectivity index (χ0) is 11.5. The van der Waals surface area contributed by atoms with Crippen LogP contribution in [0.3, 0.4) is 0 Å². The van der Waals surface area contributed by atoms with Gasteiger partial charge < -0.3 is 10.1 Å². The molecule has 16 heavy (non-hydrogen) atoms. The molecule has 2 aromatic rings. The summed E-state index contributed by atoms with van der Waals surface area (Å²) in [6.45, 7) is 0. The molecule has 0 aliphatic rings. The van der Waals surface area contributed by atoms with Crippen LogP contribution in [0.5, 0.6) is 0 Å². The predicted molar refractivity (Wildman–Crippen MR) is 64.3 cm³/mol. The number of aromatic nitrogens is 1. The number of H-pyrrole nitrogens is 1. The van der Waals surface area contributed by atoms with Gasteiger partial charge in [-0.25, -0.2) is 4.79 Å². The van der Waals surface area contributed by atoms with Crippen LogP contribution in [0.4, 0.5) is 0 Å². The molecule has 84 valence electrons. The van der Waals surface area contributed by atoms with Crippen molar-refractivity contribution in [1.29, 1.82) is 0 Å². The van der Waals surface area contributed by atoms with Gasteiger partial charge in [0, 0.05) is 23.0 Å². The van der Waals surface area contributed by atoms with Crippen LogP contribution < -0.4 is 0 Å². The van der Waals surface area contributed by atoms with Crippen LogP contribution in [-0.4, -0.2) is 21.9 Å². The number of benzene rings is 1. The second-order valence-corrected chi connectivity index (χ2v) is 4.05. The van der Waals surface area contributed by atoms with Gasteiger partial charge in [0.05, 0.1) is 5.56 Å². The highest BCUT2D eigenvalue weighted by Gasteiger charge is 2.07. The van der Waals surface area contributed by atoms with Crippen LogP contribution in [0, 0.1) is 0 Å². The lowest BCUT2D eigenvalue weighted by Crippen LogP contribution is -1.95. The number of nitrogens with one attached hydrogen (secondary N) is 1. The number of carbonyl (C=O) groups is 1. The van der Waals surface area contributed by atoms with Crippen molar-refractivity contribution in [3.8, 4) is 0 Å². The summed E-state index contributed by atoms with van der Waals surface area (Å²) in [6.07, 6.45) is 3.68. The molecule has 0 fully saturated rings. The molecule has 0 saturated carbocycles. The van der Waals surface area contributed by atoms with E-state index in [1.165, 1.54) is 0 Å². The maximum Gasteiger partial charge on any atom is 0.335 e. The van der Waals surface area contributed by atoms with Crippen molar-refractivity contribution in [2.75, 3.05) is 5.88 Å². The van der Waals surface area contributed by atoms with Crippen LogP contribution in [0.25, 0.3) is 10.9 Å². The number of aromatic carboxylic acids is 1. The zero-order valence-corrected chi connectivity index (χ0v) is 9.42. The van der Waals surface area contributed by atoms with Crippen molar-refractivity contribution >= 4 is 28.5 Å². The molecule has 0 atom stereocenters. The van der Waals surface area contributed by atoms with Crippen molar-refractivity contribution in [2.24, 2.45) is 0 Å². The highest BCUT2D eigenvalue weighted by atomic mass is 35.5. The molecule has 0 aliphatic heterocycles. The molecule has 0 bridgehead atoms. The minimum atomic E-state index is -0.897. The molecule has 2 N–H and O–H groups in total. The summed E-state index contributed by atoms with van der Waals surface area (Å²) in [6, 6.07) is 5.10. The van der Waals surface area contributed by atoms with Gasteiger partial charge in [0.2, 0.25) is 0 Å². The molecule has 0 saturated heterocycles. The number of hydrogen-bond acceptors (Lipinski definition) is 1. The van der Waals surface area contributed by atoms with E-state index in [9.17, 15) is 4.79 Å². The second-order valence-electron chi connectivity index (χ2n) is 3.67. The highest BCUT2D eigenvalue weighted by Crippen LogP contribution is 2.21. The molecule has 3 nitrogen and oxygen atoms in total. The van der Waals surface area contributed by atoms with Gasteiger partial charge in [-0.15, -0.1) is 11.6 Å². The molecule has 1 heterocycles. The Morgan fingerprint density at radius 1 is 1.44 bits per heavy atom. The third-order valence-corrected chi connectivity index (χ3v) is 2.86. The van der Waals surface area contributed by atoms with Crippen molar-refractivity contribution in [2.45, 2.75) is 12.8 Å². The number of carboxylic acid groups (broad SMARTS) is 1. The van der Waals surface area contributed by atoms with Crippen molar-refractivity contribution in [1.82, 2.24) is 4.98 Å². The molecule has 0 aliphatic carbocycles. The number of fused-ring (bicyclic) bond motifs is 1. The maximum absolute atomic E-state index is 10.9. The third-order valence-electron chi connectivity index (χ3n) is 2.59. The quantitative estimate of drug-likeness (QED) is 0.803. The topological polar surface area (TPSA) is 53.1 Å². The van der Waals surface area contributed by atoms with E-state index >= 15 is 0 Å². The average Bonchev–Trinajstić information content (AvgIpc) is 2.68. The Kier molecular flexibility index (Phi) is 3.15. The van der Waals surface area contributed by atoms with Gasteiger partial charge in [0.15, 0.2) is 0 Å². The Morgan fingerprint density at radius 3 is 2.94 bits per heavy atom. The van der Waals surface area contributed by atoms with E-state index in [0.29, 0.717) is 11.4 Å². The summed E-state index contributed by atoms with van der Waals surface area (Å²) in [5.74, 6) is -0.280. The summed E-state index contributed by atoms with van der Waals surface area (Å²) < 4.78 is 0. The molecule has 0 amide bonds. The van der Waals surface area contributed by atoms with Gasteiger partial charge in [-0.2, -0.15) is 0 Å². The molecule has 1 aromatic carbocycles. The minimum Gasteiger partial charge on any atom is -0.478 e. The fourth-order valence-electron chi connectivity index (χ4n) is 1.78. The van der Waals surface area contributed by atoms with Crippen LogP contribution in [-0.2, 0) is 6.42 Å². The minimum absolute atomic E-state index is 0.319. The number of carboxylic acids is 1. The van der Waals surface area contributed by atoms with Crippen LogP contribution in [0.2, 0.25) is 0 Å². The average molecular weight is 238 g/mol. The fourth-order valence-corrected chi connectivity index (χ4v) is 1.91. The molecule has 1 aromatic heterocycles. The van der Waals surface area contributed by atoms with Crippen molar-refractivity contribution < 1.29 is 9.90 Å². The molecule has 0 unspecified atom stereocenters. The normalized spacial score (nSPS) is 10.8. The Balaban J connectivity index is 2.43. The predicted octanol–water partition coefficient (Wildman–Crippen LogP) is 3.04. The first-order valence-corrected chi connectivity index (χ1v) is 5.65. The summed E-state index contributed by atoms with van der Waals surface area (Å²) in [7, 11) is 0. The number of rotatable bonds is 4. The number of aryl methyl sites for hydroxylation is 1. The number of aromatic amines is 1. The summed E-state index contributed by atoms with van der Waals surface area (Å²) >= 11 is 5.65. The lowest BCUT2D eigenvalue weighted by Gasteiger charge is -1.98. The molecular weight excluding hydrogens is 226 g/mol. The lowest BCUT2D eigenvalue weighted by molar-refractivity contribution is 0.0697. The van der Waals surface area contributed by atoms with Gasteiger partial charge in [0.25, 0.3) is 0 Å². The molecule has 2 rings (SSSR count). The molecule has 4 heteroatoms. The van der Waals surface area contributed by atoms with Gasteiger partial charge in [-0.3, -0.25) is 0 Å². The molecular formula is C12H12ClNO2. The van der Waals surface area contributed by atoms with Crippen LogP contribution in [0.15, 0.2) is 24.4 Å². The van der Waals surface area contributed by atoms with E-state index in [-0.39, 0.29) is 0 Å². The largest absolute Gasteiger partial charge is 0.478 e. The Hall–Kier alpha value is -1.48. The second kappa shape index (κ2) is 4.58. The van der Waals surface area contributed by atoms with Gasteiger partial charge in [-0.1, -0.05) is 0 Å². The highest BCUT2D eigenvalue weighted by molar-refractivity contribution is 6.17. The van der Waals surface area contributed by atoms with Gasteiger partial charge >= 0.3 is 5.97 Å². The lowest BCUT2D eigenvalue weighted by atomic mass is 10.1. The first-order chi connectivity index (χ1) is 7.72. The Bertz CT molecular complexity index is 519. The van der Waals surface area contributed by atoms with E-state index in [1.807, 2.05) is 6.20 Å². The maximum atomic E-state index is 10.9. The first kappa shape index (κ1) is 11.0. The summed E-state index contributed by atoms with van der Waals surface area (Å²) in [5, 5.41) is 9.89. The van der Waals surface area contributed by atoms with E-state index in [4.69, 9.17) is 16.7 Å². The SMILES string of the molecule is O=C(O)c1ccc2[nH]cc(CCCCl)c2c1. The van der Waals surface area contributed by atoms with E-state index in [1.54, 1.807) is 18.2 Å². The zero-order valence-electron chi connectivity index (χ0n) is 8.66. The number of halogens is 1. The number of alkyl halides is 1. The van der Waals surface area contributed by atoms with E-state index < -0.39 is 5.97 Å². The third kappa shape index (κ3) is 2.04. The summed E-state index contributed by atoms with van der Waals surface area (Å²) in [4.78, 5) is 14.0. The van der Waals surface area contributed by atoms with Gasteiger partial charge in [-0.05, 0) is 36.6 Å². The van der Waals surface area contributed by atoms with Gasteiger partial charge in [0.1, 0.15) is 0 Å². The van der Waals surface area contributed by atoms with Crippen LogP contribution in [0.1, 0.15) is 22.3 Å².